The number of hydrogen-bond acceptors (Lipinski definition) is 2. The van der Waals surface area contributed by atoms with E-state index >= 15 is 0 Å². The van der Waals surface area contributed by atoms with Crippen LogP contribution in [0, 0.1) is 0 Å². The first-order valence-electron chi connectivity index (χ1n) is 4.85. The molecule has 0 N–H and O–H groups in total. The predicted octanol–water partition coefficient (Wildman–Crippen LogP) is 2.76. The Hall–Kier alpha value is -0.900. The quantitative estimate of drug-likeness (QED) is 0.781. The molecule has 0 spiro atoms. The van der Waals surface area contributed by atoms with Crippen LogP contribution in [0.25, 0.3) is 5.65 Å². The number of nitrogens with zero attached hydrogens (tertiary/aromatic N) is 3. The number of hydrogen-bond donors (Lipinski definition) is 0. The van der Waals surface area contributed by atoms with Crippen LogP contribution in [-0.4, -0.2) is 14.6 Å². The molecule has 2 aromatic heterocycles. The van der Waals surface area contributed by atoms with Gasteiger partial charge in [-0.2, -0.15) is 5.10 Å². The lowest BCUT2D eigenvalue weighted by atomic mass is 9.83. The second-order valence-corrected chi connectivity index (χ2v) is 4.51. The lowest BCUT2D eigenvalue weighted by molar-refractivity contribution is 0.408. The summed E-state index contributed by atoms with van der Waals surface area (Å²) < 4.78 is 2.92. The molecule has 0 aliphatic heterocycles. The normalized spacial score (nSPS) is 17.2. The maximum atomic E-state index is 4.54. The van der Waals surface area contributed by atoms with Crippen molar-refractivity contribution in [2.75, 3.05) is 0 Å². The third-order valence-corrected chi connectivity index (χ3v) is 3.62. The Kier molecular flexibility index (Phi) is 1.83. The Morgan fingerprint density at radius 3 is 2.93 bits per heavy atom. The summed E-state index contributed by atoms with van der Waals surface area (Å²) in [5, 5.41) is 4.54. The monoisotopic (exact) mass is 251 g/mol. The Morgan fingerprint density at radius 2 is 2.29 bits per heavy atom. The highest BCUT2D eigenvalue weighted by atomic mass is 79.9. The molecule has 4 heteroatoms. The molecule has 14 heavy (non-hydrogen) atoms. The molecule has 0 unspecified atom stereocenters. The molecule has 3 nitrogen and oxygen atoms in total. The van der Waals surface area contributed by atoms with Gasteiger partial charge in [0.15, 0.2) is 5.65 Å². The Labute approximate surface area is 90.3 Å². The summed E-state index contributed by atoms with van der Waals surface area (Å²) in [7, 11) is 0. The van der Waals surface area contributed by atoms with Gasteiger partial charge in [0, 0.05) is 18.3 Å². The smallest absolute Gasteiger partial charge is 0.169 e. The SMILES string of the molecule is Brc1c(C2CCC2)nn2cccnc12. The number of halogens is 1. The Balaban J connectivity index is 2.19. The van der Waals surface area contributed by atoms with Crippen molar-refractivity contribution in [2.24, 2.45) is 0 Å². The minimum Gasteiger partial charge on any atom is -0.236 e. The summed E-state index contributed by atoms with van der Waals surface area (Å²) in [6, 6.07) is 1.90. The average molecular weight is 252 g/mol. The van der Waals surface area contributed by atoms with Crippen LogP contribution in [0.3, 0.4) is 0 Å². The molecule has 1 fully saturated rings. The summed E-state index contributed by atoms with van der Waals surface area (Å²) in [6.45, 7) is 0. The highest BCUT2D eigenvalue weighted by molar-refractivity contribution is 9.10. The van der Waals surface area contributed by atoms with E-state index in [1.165, 1.54) is 25.0 Å². The van der Waals surface area contributed by atoms with E-state index in [9.17, 15) is 0 Å². The number of aromatic nitrogens is 3. The van der Waals surface area contributed by atoms with E-state index in [1.807, 2.05) is 16.8 Å². The summed E-state index contributed by atoms with van der Waals surface area (Å²) in [5.41, 5.74) is 2.10. The number of fused-ring (bicyclic) bond motifs is 1. The van der Waals surface area contributed by atoms with Crippen molar-refractivity contribution < 1.29 is 0 Å². The first-order chi connectivity index (χ1) is 6.86. The van der Waals surface area contributed by atoms with Crippen molar-refractivity contribution in [1.82, 2.24) is 14.6 Å². The van der Waals surface area contributed by atoms with Crippen molar-refractivity contribution in [3.05, 3.63) is 28.6 Å². The molecular formula is C10H10BrN3. The van der Waals surface area contributed by atoms with Crippen LogP contribution < -0.4 is 0 Å². The van der Waals surface area contributed by atoms with Crippen molar-refractivity contribution in [2.45, 2.75) is 25.2 Å². The van der Waals surface area contributed by atoms with Crippen LogP contribution in [-0.2, 0) is 0 Å². The van der Waals surface area contributed by atoms with Crippen LogP contribution >= 0.6 is 15.9 Å². The van der Waals surface area contributed by atoms with Gasteiger partial charge in [-0.25, -0.2) is 9.50 Å². The van der Waals surface area contributed by atoms with Gasteiger partial charge in [0.1, 0.15) is 0 Å². The summed E-state index contributed by atoms with van der Waals surface area (Å²) in [6.07, 6.45) is 7.60. The Bertz CT molecular complexity index is 473. The van der Waals surface area contributed by atoms with E-state index in [1.54, 1.807) is 6.20 Å². The average Bonchev–Trinajstić information content (AvgIpc) is 2.43. The van der Waals surface area contributed by atoms with Gasteiger partial charge >= 0.3 is 0 Å². The van der Waals surface area contributed by atoms with E-state index in [0.29, 0.717) is 5.92 Å². The molecule has 2 aromatic rings. The van der Waals surface area contributed by atoms with Gasteiger partial charge in [-0.15, -0.1) is 0 Å². The summed E-state index contributed by atoms with van der Waals surface area (Å²) in [4.78, 5) is 4.30. The van der Waals surface area contributed by atoms with E-state index in [4.69, 9.17) is 0 Å². The summed E-state index contributed by atoms with van der Waals surface area (Å²) >= 11 is 3.58. The third kappa shape index (κ3) is 1.10. The fourth-order valence-corrected chi connectivity index (χ4v) is 2.51. The molecule has 0 aromatic carbocycles. The van der Waals surface area contributed by atoms with E-state index in [-0.39, 0.29) is 0 Å². The third-order valence-electron chi connectivity index (χ3n) is 2.86. The first-order valence-corrected chi connectivity index (χ1v) is 5.64. The maximum Gasteiger partial charge on any atom is 0.169 e. The van der Waals surface area contributed by atoms with E-state index in [0.717, 1.165) is 10.1 Å². The largest absolute Gasteiger partial charge is 0.236 e. The molecule has 2 heterocycles. The molecule has 0 bridgehead atoms. The van der Waals surface area contributed by atoms with Gasteiger partial charge < -0.3 is 0 Å². The molecule has 0 radical (unpaired) electrons. The van der Waals surface area contributed by atoms with Gasteiger partial charge in [0.05, 0.1) is 10.2 Å². The van der Waals surface area contributed by atoms with Crippen LogP contribution in [0.4, 0.5) is 0 Å². The van der Waals surface area contributed by atoms with E-state index < -0.39 is 0 Å². The lowest BCUT2D eigenvalue weighted by Gasteiger charge is -2.23. The molecule has 1 aliphatic carbocycles. The van der Waals surface area contributed by atoms with Gasteiger partial charge in [-0.1, -0.05) is 6.42 Å². The molecule has 0 amide bonds. The van der Waals surface area contributed by atoms with Crippen LogP contribution in [0.2, 0.25) is 0 Å². The summed E-state index contributed by atoms with van der Waals surface area (Å²) in [5.74, 6) is 0.645. The van der Waals surface area contributed by atoms with Crippen LogP contribution in [0.5, 0.6) is 0 Å². The maximum absolute atomic E-state index is 4.54. The standard InChI is InChI=1S/C10H10BrN3/c11-8-9(7-3-1-4-7)13-14-6-2-5-12-10(8)14/h2,5-7H,1,3-4H2. The molecule has 3 rings (SSSR count). The second kappa shape index (κ2) is 3.05. The van der Waals surface area contributed by atoms with Gasteiger partial charge in [-0.3, -0.25) is 0 Å². The molecule has 1 aliphatic rings. The molecule has 1 saturated carbocycles. The zero-order valence-electron chi connectivity index (χ0n) is 7.65. The topological polar surface area (TPSA) is 30.2 Å². The minimum atomic E-state index is 0.645. The molecule has 0 saturated heterocycles. The molecule has 72 valence electrons. The highest BCUT2D eigenvalue weighted by Crippen LogP contribution is 2.39. The molecular weight excluding hydrogens is 242 g/mol. The predicted molar refractivity (Wildman–Crippen MR) is 57.3 cm³/mol. The first kappa shape index (κ1) is 8.41. The zero-order chi connectivity index (χ0) is 9.54. The van der Waals surface area contributed by atoms with Gasteiger partial charge in [0.25, 0.3) is 0 Å². The van der Waals surface area contributed by atoms with Crippen LogP contribution in [0.1, 0.15) is 30.9 Å². The van der Waals surface area contributed by atoms with Crippen molar-refractivity contribution >= 4 is 21.6 Å². The Morgan fingerprint density at radius 1 is 1.43 bits per heavy atom. The zero-order valence-corrected chi connectivity index (χ0v) is 9.24. The minimum absolute atomic E-state index is 0.645. The van der Waals surface area contributed by atoms with Crippen molar-refractivity contribution in [3.63, 3.8) is 0 Å². The number of rotatable bonds is 1. The second-order valence-electron chi connectivity index (χ2n) is 3.71. The lowest BCUT2D eigenvalue weighted by Crippen LogP contribution is -2.09. The fourth-order valence-electron chi connectivity index (χ4n) is 1.82. The van der Waals surface area contributed by atoms with Gasteiger partial charge in [0.2, 0.25) is 0 Å². The van der Waals surface area contributed by atoms with Crippen molar-refractivity contribution in [1.29, 1.82) is 0 Å². The molecule has 0 atom stereocenters. The van der Waals surface area contributed by atoms with Gasteiger partial charge in [-0.05, 0) is 34.8 Å². The van der Waals surface area contributed by atoms with Crippen molar-refractivity contribution in [3.8, 4) is 0 Å². The highest BCUT2D eigenvalue weighted by Gasteiger charge is 2.25. The van der Waals surface area contributed by atoms with E-state index in [2.05, 4.69) is 26.0 Å². The fraction of sp³-hybridized carbons (Fsp3) is 0.400. The van der Waals surface area contributed by atoms with Crippen LogP contribution in [0.15, 0.2) is 22.9 Å².